The van der Waals surface area contributed by atoms with Crippen molar-refractivity contribution < 1.29 is 0 Å². The Kier molecular flexibility index (Phi) is 5.89. The second-order valence-electron chi connectivity index (χ2n) is 6.33. The molecule has 0 amide bonds. The zero-order valence-corrected chi connectivity index (χ0v) is 13.2. The molecule has 0 spiro atoms. The van der Waals surface area contributed by atoms with Gasteiger partial charge in [-0.1, -0.05) is 12.2 Å². The first-order chi connectivity index (χ1) is 9.69. The monoisotopic (exact) mass is 278 g/mol. The van der Waals surface area contributed by atoms with Crippen LogP contribution in [0.15, 0.2) is 17.1 Å². The quantitative estimate of drug-likeness (QED) is 0.469. The maximum Gasteiger partial charge on any atom is 0.191 e. The van der Waals surface area contributed by atoms with Gasteiger partial charge in [0.15, 0.2) is 5.96 Å². The second kappa shape index (κ2) is 7.67. The van der Waals surface area contributed by atoms with Crippen LogP contribution in [0.4, 0.5) is 0 Å². The van der Waals surface area contributed by atoms with Crippen molar-refractivity contribution in [1.82, 2.24) is 15.5 Å². The number of nitrogens with one attached hydrogen (secondary N) is 2. The van der Waals surface area contributed by atoms with Gasteiger partial charge in [0.2, 0.25) is 0 Å². The van der Waals surface area contributed by atoms with E-state index in [4.69, 9.17) is 0 Å². The predicted octanol–water partition coefficient (Wildman–Crippen LogP) is 1.99. The van der Waals surface area contributed by atoms with Crippen molar-refractivity contribution in [2.24, 2.45) is 10.9 Å². The Morgan fingerprint density at radius 2 is 2.10 bits per heavy atom. The summed E-state index contributed by atoms with van der Waals surface area (Å²) in [5, 5.41) is 7.01. The molecule has 0 aromatic rings. The summed E-state index contributed by atoms with van der Waals surface area (Å²) in [4.78, 5) is 6.93. The van der Waals surface area contributed by atoms with E-state index < -0.39 is 0 Å². The molecule has 0 saturated carbocycles. The zero-order valence-electron chi connectivity index (χ0n) is 13.2. The van der Waals surface area contributed by atoms with Gasteiger partial charge in [-0.05, 0) is 52.0 Å². The third kappa shape index (κ3) is 4.51. The van der Waals surface area contributed by atoms with E-state index in [1.54, 1.807) is 0 Å². The van der Waals surface area contributed by atoms with Gasteiger partial charge in [-0.25, -0.2) is 0 Å². The van der Waals surface area contributed by atoms with Crippen LogP contribution < -0.4 is 10.6 Å². The highest BCUT2D eigenvalue weighted by Gasteiger charge is 2.22. The molecule has 0 bridgehead atoms. The molecule has 2 rings (SSSR count). The molecule has 0 aromatic heterocycles. The summed E-state index contributed by atoms with van der Waals surface area (Å²) < 4.78 is 0. The molecule has 1 aliphatic carbocycles. The smallest absolute Gasteiger partial charge is 0.191 e. The van der Waals surface area contributed by atoms with Crippen molar-refractivity contribution in [2.75, 3.05) is 26.7 Å². The van der Waals surface area contributed by atoms with Gasteiger partial charge in [-0.3, -0.25) is 4.99 Å². The number of piperidine rings is 1. The van der Waals surface area contributed by atoms with E-state index in [0.29, 0.717) is 12.1 Å². The molecule has 2 aliphatic rings. The maximum atomic E-state index is 4.34. The van der Waals surface area contributed by atoms with Crippen LogP contribution in [0, 0.1) is 5.92 Å². The molecule has 1 unspecified atom stereocenters. The van der Waals surface area contributed by atoms with Gasteiger partial charge in [-0.15, -0.1) is 0 Å². The molecule has 114 valence electrons. The minimum absolute atomic E-state index is 0.528. The second-order valence-corrected chi connectivity index (χ2v) is 6.33. The van der Waals surface area contributed by atoms with Crippen LogP contribution in [0.5, 0.6) is 0 Å². The first-order valence-corrected chi connectivity index (χ1v) is 8.05. The van der Waals surface area contributed by atoms with Crippen molar-refractivity contribution >= 4 is 5.96 Å². The van der Waals surface area contributed by atoms with Crippen LogP contribution in [0.2, 0.25) is 0 Å². The van der Waals surface area contributed by atoms with Crippen LogP contribution in [0.3, 0.4) is 0 Å². The minimum atomic E-state index is 0.528. The number of hydrogen-bond donors (Lipinski definition) is 2. The largest absolute Gasteiger partial charge is 0.356 e. The summed E-state index contributed by atoms with van der Waals surface area (Å²) in [6, 6.07) is 1.19. The van der Waals surface area contributed by atoms with Gasteiger partial charge in [-0.2, -0.15) is 0 Å². The average molecular weight is 278 g/mol. The normalized spacial score (nSPS) is 25.4. The average Bonchev–Trinajstić information content (AvgIpc) is 2.96. The van der Waals surface area contributed by atoms with Crippen molar-refractivity contribution in [3.05, 3.63) is 12.2 Å². The van der Waals surface area contributed by atoms with Gasteiger partial charge in [0.25, 0.3) is 0 Å². The van der Waals surface area contributed by atoms with E-state index in [1.165, 1.54) is 25.9 Å². The Bertz CT molecular complexity index is 340. The summed E-state index contributed by atoms with van der Waals surface area (Å²) in [6.45, 7) is 8.09. The topological polar surface area (TPSA) is 39.7 Å². The highest BCUT2D eigenvalue weighted by Crippen LogP contribution is 2.17. The Morgan fingerprint density at radius 3 is 2.75 bits per heavy atom. The highest BCUT2D eigenvalue weighted by atomic mass is 15.2. The van der Waals surface area contributed by atoms with Crippen molar-refractivity contribution in [1.29, 1.82) is 0 Å². The van der Waals surface area contributed by atoms with Crippen molar-refractivity contribution in [3.8, 4) is 0 Å². The zero-order chi connectivity index (χ0) is 14.4. The van der Waals surface area contributed by atoms with Crippen LogP contribution >= 0.6 is 0 Å². The molecule has 20 heavy (non-hydrogen) atoms. The van der Waals surface area contributed by atoms with Crippen LogP contribution in [0.1, 0.15) is 39.5 Å². The van der Waals surface area contributed by atoms with Crippen molar-refractivity contribution in [2.45, 2.75) is 51.6 Å². The fourth-order valence-corrected chi connectivity index (χ4v) is 3.10. The highest BCUT2D eigenvalue weighted by molar-refractivity contribution is 5.80. The molecule has 4 heteroatoms. The van der Waals surface area contributed by atoms with E-state index in [1.807, 2.05) is 7.05 Å². The van der Waals surface area contributed by atoms with Gasteiger partial charge < -0.3 is 15.5 Å². The number of likely N-dealkylation sites (tertiary alicyclic amines) is 1. The van der Waals surface area contributed by atoms with Gasteiger partial charge in [0.05, 0.1) is 0 Å². The van der Waals surface area contributed by atoms with Crippen molar-refractivity contribution in [3.63, 3.8) is 0 Å². The summed E-state index contributed by atoms with van der Waals surface area (Å²) >= 11 is 0. The Morgan fingerprint density at radius 1 is 1.35 bits per heavy atom. The molecular weight excluding hydrogens is 248 g/mol. The molecule has 4 nitrogen and oxygen atoms in total. The summed E-state index contributed by atoms with van der Waals surface area (Å²) in [5.41, 5.74) is 0. The summed E-state index contributed by atoms with van der Waals surface area (Å²) in [6.07, 6.45) is 9.37. The predicted molar refractivity (Wildman–Crippen MR) is 86.1 cm³/mol. The van der Waals surface area contributed by atoms with Gasteiger partial charge in [0, 0.05) is 32.2 Å². The standard InChI is InChI=1S/C16H30N4/c1-13(2)20-10-6-7-14(12-20)11-18-16(17-3)19-15-8-4-5-9-15/h4-5,13-15H,6-12H2,1-3H3,(H2,17,18,19). The van der Waals surface area contributed by atoms with E-state index in [-0.39, 0.29) is 0 Å². The third-order valence-electron chi connectivity index (χ3n) is 4.41. The lowest BCUT2D eigenvalue weighted by Crippen LogP contribution is -2.47. The van der Waals surface area contributed by atoms with E-state index in [0.717, 1.165) is 31.3 Å². The Labute approximate surface area is 123 Å². The number of guanidine groups is 1. The minimum Gasteiger partial charge on any atom is -0.356 e. The van der Waals surface area contributed by atoms with Gasteiger partial charge >= 0.3 is 0 Å². The number of nitrogens with zero attached hydrogens (tertiary/aromatic N) is 2. The van der Waals surface area contributed by atoms with E-state index >= 15 is 0 Å². The summed E-state index contributed by atoms with van der Waals surface area (Å²) in [5.74, 6) is 1.70. The van der Waals surface area contributed by atoms with Crippen LogP contribution in [-0.2, 0) is 0 Å². The fraction of sp³-hybridized carbons (Fsp3) is 0.812. The lowest BCUT2D eigenvalue weighted by molar-refractivity contribution is 0.141. The molecule has 1 fully saturated rings. The molecule has 0 aromatic carbocycles. The molecule has 1 atom stereocenters. The van der Waals surface area contributed by atoms with Crippen LogP contribution in [-0.4, -0.2) is 49.6 Å². The molecule has 1 heterocycles. The SMILES string of the molecule is CN=C(NCC1CCCN(C(C)C)C1)NC1CC=CC1. The van der Waals surface area contributed by atoms with Gasteiger partial charge in [0.1, 0.15) is 0 Å². The lowest BCUT2D eigenvalue weighted by Gasteiger charge is -2.35. The van der Waals surface area contributed by atoms with E-state index in [2.05, 4.69) is 46.5 Å². The van der Waals surface area contributed by atoms with E-state index in [9.17, 15) is 0 Å². The fourth-order valence-electron chi connectivity index (χ4n) is 3.10. The molecule has 2 N–H and O–H groups in total. The number of hydrogen-bond acceptors (Lipinski definition) is 2. The number of rotatable bonds is 4. The first kappa shape index (κ1) is 15.4. The number of aliphatic imine (C=N–C) groups is 1. The Balaban J connectivity index is 1.72. The third-order valence-corrected chi connectivity index (χ3v) is 4.41. The molecular formula is C16H30N4. The molecule has 0 radical (unpaired) electrons. The van der Waals surface area contributed by atoms with Crippen LogP contribution in [0.25, 0.3) is 0 Å². The lowest BCUT2D eigenvalue weighted by atomic mass is 9.97. The molecule has 1 saturated heterocycles. The molecule has 1 aliphatic heterocycles. The Hall–Kier alpha value is -1.03. The first-order valence-electron chi connectivity index (χ1n) is 8.05. The maximum absolute atomic E-state index is 4.34. The summed E-state index contributed by atoms with van der Waals surface area (Å²) in [7, 11) is 1.86.